The first kappa shape index (κ1) is 12.7. The van der Waals surface area contributed by atoms with Crippen molar-refractivity contribution in [1.82, 2.24) is 15.0 Å². The van der Waals surface area contributed by atoms with E-state index >= 15 is 0 Å². The summed E-state index contributed by atoms with van der Waals surface area (Å²) in [5, 5.41) is 8.04. The largest absolute Gasteiger partial charge is 0.249 e. The zero-order valence-electron chi connectivity index (χ0n) is 9.78. The quantitative estimate of drug-likeness (QED) is 0.746. The summed E-state index contributed by atoms with van der Waals surface area (Å²) in [6.07, 6.45) is 5.20. The highest BCUT2D eigenvalue weighted by Gasteiger charge is 2.11. The topological polar surface area (TPSA) is 30.7 Å². The van der Waals surface area contributed by atoms with E-state index in [4.69, 9.17) is 0 Å². The standard InChI is InChI=1S/C11H20BrN3/c1-4-7-15-10(8-13-14-15)5-6-11(12)9(2)3/h8-9,11H,4-7H2,1-3H3. The van der Waals surface area contributed by atoms with Gasteiger partial charge in [0, 0.05) is 11.4 Å². The van der Waals surface area contributed by atoms with E-state index in [9.17, 15) is 0 Å². The summed E-state index contributed by atoms with van der Waals surface area (Å²) < 4.78 is 2.01. The summed E-state index contributed by atoms with van der Waals surface area (Å²) in [4.78, 5) is 0.586. The lowest BCUT2D eigenvalue weighted by Gasteiger charge is -2.13. The monoisotopic (exact) mass is 273 g/mol. The van der Waals surface area contributed by atoms with Crippen LogP contribution >= 0.6 is 15.9 Å². The van der Waals surface area contributed by atoms with Crippen molar-refractivity contribution in [2.24, 2.45) is 5.92 Å². The van der Waals surface area contributed by atoms with Crippen LogP contribution in [0.2, 0.25) is 0 Å². The fourth-order valence-corrected chi connectivity index (χ4v) is 1.72. The first-order valence-electron chi connectivity index (χ1n) is 5.66. The lowest BCUT2D eigenvalue weighted by molar-refractivity contribution is 0.530. The van der Waals surface area contributed by atoms with Crippen molar-refractivity contribution >= 4 is 15.9 Å². The van der Waals surface area contributed by atoms with Crippen molar-refractivity contribution in [3.05, 3.63) is 11.9 Å². The van der Waals surface area contributed by atoms with Crippen LogP contribution in [0.1, 0.15) is 39.3 Å². The molecule has 1 aromatic rings. The maximum Gasteiger partial charge on any atom is 0.0725 e. The minimum atomic E-state index is 0.586. The van der Waals surface area contributed by atoms with Crippen molar-refractivity contribution in [3.8, 4) is 0 Å². The van der Waals surface area contributed by atoms with E-state index in [-0.39, 0.29) is 0 Å². The van der Waals surface area contributed by atoms with Crippen molar-refractivity contribution in [2.45, 2.75) is 51.4 Å². The fourth-order valence-electron chi connectivity index (χ4n) is 1.49. The van der Waals surface area contributed by atoms with Crippen molar-refractivity contribution in [2.75, 3.05) is 0 Å². The molecule has 0 saturated heterocycles. The zero-order valence-corrected chi connectivity index (χ0v) is 11.4. The molecule has 0 aliphatic carbocycles. The van der Waals surface area contributed by atoms with E-state index in [2.05, 4.69) is 47.0 Å². The lowest BCUT2D eigenvalue weighted by Crippen LogP contribution is -2.11. The van der Waals surface area contributed by atoms with Crippen LogP contribution < -0.4 is 0 Å². The van der Waals surface area contributed by atoms with E-state index in [1.165, 1.54) is 5.69 Å². The van der Waals surface area contributed by atoms with Crippen LogP contribution in [0, 0.1) is 5.92 Å². The van der Waals surface area contributed by atoms with E-state index in [1.807, 2.05) is 10.9 Å². The minimum absolute atomic E-state index is 0.586. The fraction of sp³-hybridized carbons (Fsp3) is 0.818. The highest BCUT2D eigenvalue weighted by Crippen LogP contribution is 2.18. The molecule has 0 aliphatic rings. The second-order valence-electron chi connectivity index (χ2n) is 4.25. The Balaban J connectivity index is 2.46. The molecule has 1 rings (SSSR count). The Morgan fingerprint density at radius 3 is 2.80 bits per heavy atom. The van der Waals surface area contributed by atoms with Crippen LogP contribution in [0.4, 0.5) is 0 Å². The molecule has 0 aromatic carbocycles. The molecule has 15 heavy (non-hydrogen) atoms. The molecule has 4 heteroatoms. The van der Waals surface area contributed by atoms with Crippen LogP contribution in [0.15, 0.2) is 6.20 Å². The average molecular weight is 274 g/mol. The van der Waals surface area contributed by atoms with Gasteiger partial charge in [-0.25, -0.2) is 4.68 Å². The van der Waals surface area contributed by atoms with E-state index in [0.717, 1.165) is 25.8 Å². The summed E-state index contributed by atoms with van der Waals surface area (Å²) in [5.41, 5.74) is 1.25. The second-order valence-corrected chi connectivity index (χ2v) is 5.42. The maximum atomic E-state index is 4.08. The third-order valence-electron chi connectivity index (χ3n) is 2.53. The predicted molar refractivity (Wildman–Crippen MR) is 66.2 cm³/mol. The van der Waals surface area contributed by atoms with Gasteiger partial charge in [0.05, 0.1) is 11.9 Å². The molecule has 0 N–H and O–H groups in total. The van der Waals surface area contributed by atoms with Crippen molar-refractivity contribution in [1.29, 1.82) is 0 Å². The first-order chi connectivity index (χ1) is 7.15. The molecule has 1 aromatic heterocycles. The SMILES string of the molecule is CCCn1nncc1CCC(Br)C(C)C. The number of rotatable bonds is 6. The molecule has 1 unspecified atom stereocenters. The molecular formula is C11H20BrN3. The smallest absolute Gasteiger partial charge is 0.0725 e. The Labute approximate surface area is 100 Å². The van der Waals surface area contributed by atoms with Crippen LogP contribution in [0.25, 0.3) is 0 Å². The van der Waals surface area contributed by atoms with Gasteiger partial charge in [-0.3, -0.25) is 0 Å². The second kappa shape index (κ2) is 6.26. The number of nitrogens with zero attached hydrogens (tertiary/aromatic N) is 3. The van der Waals surface area contributed by atoms with Gasteiger partial charge in [0.15, 0.2) is 0 Å². The Morgan fingerprint density at radius 1 is 1.47 bits per heavy atom. The molecule has 0 amide bonds. The number of hydrogen-bond donors (Lipinski definition) is 0. The van der Waals surface area contributed by atoms with Crippen LogP contribution in [-0.4, -0.2) is 19.8 Å². The molecule has 86 valence electrons. The third kappa shape index (κ3) is 3.93. The minimum Gasteiger partial charge on any atom is -0.249 e. The Hall–Kier alpha value is -0.380. The summed E-state index contributed by atoms with van der Waals surface area (Å²) in [6, 6.07) is 0. The van der Waals surface area contributed by atoms with Crippen molar-refractivity contribution < 1.29 is 0 Å². The Kier molecular flexibility index (Phi) is 5.29. The normalized spacial score (nSPS) is 13.4. The highest BCUT2D eigenvalue weighted by atomic mass is 79.9. The molecule has 0 aliphatic heterocycles. The Morgan fingerprint density at radius 2 is 2.20 bits per heavy atom. The highest BCUT2D eigenvalue weighted by molar-refractivity contribution is 9.09. The van der Waals surface area contributed by atoms with Gasteiger partial charge in [0.2, 0.25) is 0 Å². The lowest BCUT2D eigenvalue weighted by atomic mass is 10.1. The molecule has 0 fully saturated rings. The molecule has 0 saturated carbocycles. The predicted octanol–water partition coefficient (Wildman–Crippen LogP) is 3.04. The average Bonchev–Trinajstić information content (AvgIpc) is 2.62. The van der Waals surface area contributed by atoms with Gasteiger partial charge in [-0.05, 0) is 25.2 Å². The molecule has 1 heterocycles. The molecule has 3 nitrogen and oxygen atoms in total. The number of aromatic nitrogens is 3. The number of aryl methyl sites for hydroxylation is 2. The summed E-state index contributed by atoms with van der Waals surface area (Å²) in [6.45, 7) is 7.61. The Bertz CT molecular complexity index is 283. The van der Waals surface area contributed by atoms with Crippen LogP contribution in [0.3, 0.4) is 0 Å². The summed E-state index contributed by atoms with van der Waals surface area (Å²) >= 11 is 3.70. The number of hydrogen-bond acceptors (Lipinski definition) is 2. The van der Waals surface area contributed by atoms with Gasteiger partial charge in [0.1, 0.15) is 0 Å². The van der Waals surface area contributed by atoms with Crippen LogP contribution in [-0.2, 0) is 13.0 Å². The molecule has 0 bridgehead atoms. The van der Waals surface area contributed by atoms with E-state index in [0.29, 0.717) is 10.7 Å². The zero-order chi connectivity index (χ0) is 11.3. The van der Waals surface area contributed by atoms with Crippen molar-refractivity contribution in [3.63, 3.8) is 0 Å². The molecule has 0 radical (unpaired) electrons. The molecule has 0 spiro atoms. The van der Waals surface area contributed by atoms with Gasteiger partial charge >= 0.3 is 0 Å². The number of halogens is 1. The van der Waals surface area contributed by atoms with Gasteiger partial charge in [-0.2, -0.15) is 0 Å². The van der Waals surface area contributed by atoms with Gasteiger partial charge < -0.3 is 0 Å². The molecule has 1 atom stereocenters. The van der Waals surface area contributed by atoms with Gasteiger partial charge in [-0.15, -0.1) is 5.10 Å². The third-order valence-corrected chi connectivity index (χ3v) is 4.05. The maximum absolute atomic E-state index is 4.08. The summed E-state index contributed by atoms with van der Waals surface area (Å²) in [7, 11) is 0. The van der Waals surface area contributed by atoms with Gasteiger partial charge in [0.25, 0.3) is 0 Å². The first-order valence-corrected chi connectivity index (χ1v) is 6.58. The van der Waals surface area contributed by atoms with Gasteiger partial charge in [-0.1, -0.05) is 41.9 Å². The van der Waals surface area contributed by atoms with E-state index in [1.54, 1.807) is 0 Å². The van der Waals surface area contributed by atoms with Crippen LogP contribution in [0.5, 0.6) is 0 Å². The number of alkyl halides is 1. The molecular weight excluding hydrogens is 254 g/mol. The summed E-state index contributed by atoms with van der Waals surface area (Å²) in [5.74, 6) is 0.681. The van der Waals surface area contributed by atoms with E-state index < -0.39 is 0 Å².